The van der Waals surface area contributed by atoms with Crippen LogP contribution in [0.4, 0.5) is 5.82 Å². The number of nitrogens with zero attached hydrogens (tertiary/aromatic N) is 2. The Kier molecular flexibility index (Phi) is 4.95. The molecule has 1 aliphatic heterocycles. The van der Waals surface area contributed by atoms with Gasteiger partial charge in [0.15, 0.2) is 0 Å². The summed E-state index contributed by atoms with van der Waals surface area (Å²) in [6.07, 6.45) is 3.97. The zero-order valence-corrected chi connectivity index (χ0v) is 12.4. The number of sulfonamides is 1. The van der Waals surface area contributed by atoms with Crippen molar-refractivity contribution in [2.24, 2.45) is 5.92 Å². The molecule has 0 aliphatic carbocycles. The van der Waals surface area contributed by atoms with E-state index in [9.17, 15) is 8.42 Å². The molecule has 0 saturated carbocycles. The number of piperidine rings is 1. The lowest BCUT2D eigenvalue weighted by Gasteiger charge is -2.31. The number of rotatable bonds is 5. The molecule has 0 spiro atoms. The van der Waals surface area contributed by atoms with Gasteiger partial charge in [0.2, 0.25) is 10.0 Å². The minimum Gasteiger partial charge on any atom is -0.396 e. The van der Waals surface area contributed by atoms with Crippen molar-refractivity contribution in [3.8, 4) is 0 Å². The van der Waals surface area contributed by atoms with Gasteiger partial charge in [-0.25, -0.2) is 13.4 Å². The first-order valence-corrected chi connectivity index (χ1v) is 8.26. The molecule has 1 fully saturated rings. The van der Waals surface area contributed by atoms with Gasteiger partial charge >= 0.3 is 0 Å². The lowest BCUT2D eigenvalue weighted by atomic mass is 9.97. The van der Waals surface area contributed by atoms with Crippen molar-refractivity contribution in [1.82, 2.24) is 9.29 Å². The fourth-order valence-corrected chi connectivity index (χ4v) is 4.09. The zero-order chi connectivity index (χ0) is 14.6. The molecule has 20 heavy (non-hydrogen) atoms. The van der Waals surface area contributed by atoms with Crippen LogP contribution < -0.4 is 5.32 Å². The minimum absolute atomic E-state index is 0.109. The van der Waals surface area contributed by atoms with Gasteiger partial charge in [0.05, 0.1) is 4.90 Å². The summed E-state index contributed by atoms with van der Waals surface area (Å²) in [5, 5.41) is 11.9. The fourth-order valence-electron chi connectivity index (χ4n) is 2.52. The summed E-state index contributed by atoms with van der Waals surface area (Å²) in [7, 11) is -1.77. The maximum Gasteiger partial charge on any atom is 0.243 e. The normalized spacial score (nSPS) is 20.8. The highest BCUT2D eigenvalue weighted by Gasteiger charge is 2.30. The van der Waals surface area contributed by atoms with E-state index in [4.69, 9.17) is 5.11 Å². The lowest BCUT2D eigenvalue weighted by Crippen LogP contribution is -2.40. The van der Waals surface area contributed by atoms with Gasteiger partial charge in [0.1, 0.15) is 5.82 Å². The summed E-state index contributed by atoms with van der Waals surface area (Å²) >= 11 is 0. The number of hydrogen-bond acceptors (Lipinski definition) is 5. The van der Waals surface area contributed by atoms with E-state index in [1.165, 1.54) is 16.6 Å². The topological polar surface area (TPSA) is 82.5 Å². The summed E-state index contributed by atoms with van der Waals surface area (Å²) in [6.45, 7) is 1.14. The maximum absolute atomic E-state index is 12.6. The summed E-state index contributed by atoms with van der Waals surface area (Å²) in [5.41, 5.74) is 0. The third kappa shape index (κ3) is 3.28. The van der Waals surface area contributed by atoms with Crippen LogP contribution in [-0.2, 0) is 10.0 Å². The van der Waals surface area contributed by atoms with E-state index in [-0.39, 0.29) is 17.4 Å². The molecule has 1 aliphatic rings. The van der Waals surface area contributed by atoms with E-state index in [2.05, 4.69) is 10.3 Å². The van der Waals surface area contributed by atoms with Crippen LogP contribution >= 0.6 is 0 Å². The zero-order valence-electron chi connectivity index (χ0n) is 11.6. The molecule has 0 aromatic carbocycles. The highest BCUT2D eigenvalue weighted by molar-refractivity contribution is 7.89. The Morgan fingerprint density at radius 3 is 3.05 bits per heavy atom. The van der Waals surface area contributed by atoms with E-state index in [1.807, 2.05) is 0 Å². The largest absolute Gasteiger partial charge is 0.396 e. The van der Waals surface area contributed by atoms with Crippen molar-refractivity contribution < 1.29 is 13.5 Å². The molecule has 6 nitrogen and oxygen atoms in total. The first-order chi connectivity index (χ1) is 9.57. The third-order valence-electron chi connectivity index (χ3n) is 3.64. The smallest absolute Gasteiger partial charge is 0.243 e. The summed E-state index contributed by atoms with van der Waals surface area (Å²) in [5.74, 6) is 0.782. The number of hydrogen-bond donors (Lipinski definition) is 2. The van der Waals surface area contributed by atoms with Crippen LogP contribution in [0.25, 0.3) is 0 Å². The molecule has 1 aromatic rings. The van der Waals surface area contributed by atoms with Crippen LogP contribution in [0.1, 0.15) is 19.3 Å². The van der Waals surface area contributed by atoms with Crippen LogP contribution in [0.5, 0.6) is 0 Å². The van der Waals surface area contributed by atoms with E-state index >= 15 is 0 Å². The Morgan fingerprint density at radius 1 is 1.55 bits per heavy atom. The Balaban J connectivity index is 2.20. The molecule has 0 amide bonds. The number of anilines is 1. The Morgan fingerprint density at radius 2 is 2.35 bits per heavy atom. The molecule has 0 radical (unpaired) electrons. The molecule has 1 aromatic heterocycles. The number of aromatic nitrogens is 1. The number of aliphatic hydroxyl groups is 1. The van der Waals surface area contributed by atoms with Gasteiger partial charge in [-0.1, -0.05) is 0 Å². The van der Waals surface area contributed by atoms with Gasteiger partial charge in [-0.2, -0.15) is 4.31 Å². The van der Waals surface area contributed by atoms with Gasteiger partial charge in [0.25, 0.3) is 0 Å². The first-order valence-electron chi connectivity index (χ1n) is 6.82. The molecule has 1 saturated heterocycles. The molecule has 2 rings (SSSR count). The monoisotopic (exact) mass is 299 g/mol. The van der Waals surface area contributed by atoms with Crippen molar-refractivity contribution in [3.05, 3.63) is 18.3 Å². The quantitative estimate of drug-likeness (QED) is 0.844. The predicted octanol–water partition coefficient (Wildman–Crippen LogP) is 0.906. The van der Waals surface area contributed by atoms with Crippen molar-refractivity contribution in [3.63, 3.8) is 0 Å². The van der Waals surface area contributed by atoms with E-state index in [0.717, 1.165) is 12.8 Å². The van der Waals surface area contributed by atoms with Crippen LogP contribution in [0.15, 0.2) is 23.2 Å². The molecule has 2 heterocycles. The molecular weight excluding hydrogens is 278 g/mol. The van der Waals surface area contributed by atoms with Crippen molar-refractivity contribution >= 4 is 15.8 Å². The van der Waals surface area contributed by atoms with Crippen molar-refractivity contribution in [2.75, 3.05) is 32.1 Å². The van der Waals surface area contributed by atoms with Gasteiger partial charge in [-0.3, -0.25) is 0 Å². The Bertz CT molecular complexity index is 546. The number of aliphatic hydroxyl groups excluding tert-OH is 1. The summed E-state index contributed by atoms with van der Waals surface area (Å²) in [6, 6.07) is 3.07. The number of pyridine rings is 1. The Labute approximate surface area is 119 Å². The molecule has 112 valence electrons. The predicted molar refractivity (Wildman–Crippen MR) is 77.0 cm³/mol. The van der Waals surface area contributed by atoms with Gasteiger partial charge < -0.3 is 10.4 Å². The van der Waals surface area contributed by atoms with Crippen molar-refractivity contribution in [2.45, 2.75) is 24.2 Å². The van der Waals surface area contributed by atoms with E-state index < -0.39 is 10.0 Å². The van der Waals surface area contributed by atoms with Crippen LogP contribution in [0.3, 0.4) is 0 Å². The second kappa shape index (κ2) is 6.51. The van der Waals surface area contributed by atoms with Crippen LogP contribution in [-0.4, -0.2) is 49.6 Å². The van der Waals surface area contributed by atoms with Gasteiger partial charge in [-0.05, 0) is 31.2 Å². The standard InChI is InChI=1S/C13H21N3O3S/c1-14-13-9-12(4-6-15-13)20(18,19)16-7-2-3-11(10-16)5-8-17/h4,6,9,11,17H,2-3,5,7-8,10H2,1H3,(H,14,15). The highest BCUT2D eigenvalue weighted by atomic mass is 32.2. The van der Waals surface area contributed by atoms with Gasteiger partial charge in [-0.15, -0.1) is 0 Å². The Hall–Kier alpha value is -1.18. The molecular formula is C13H21N3O3S. The molecule has 2 N–H and O–H groups in total. The lowest BCUT2D eigenvalue weighted by molar-refractivity contribution is 0.203. The second-order valence-corrected chi connectivity index (χ2v) is 6.95. The average Bonchev–Trinajstić information content (AvgIpc) is 2.48. The average molecular weight is 299 g/mol. The number of nitrogens with one attached hydrogen (secondary N) is 1. The SMILES string of the molecule is CNc1cc(S(=O)(=O)N2CCCC(CCO)C2)ccn1. The van der Waals surface area contributed by atoms with E-state index in [1.54, 1.807) is 13.1 Å². The minimum atomic E-state index is -3.47. The summed E-state index contributed by atoms with van der Waals surface area (Å²) in [4.78, 5) is 4.30. The first kappa shape index (κ1) is 15.2. The third-order valence-corrected chi connectivity index (χ3v) is 5.51. The molecule has 1 unspecified atom stereocenters. The highest BCUT2D eigenvalue weighted by Crippen LogP contribution is 2.25. The van der Waals surface area contributed by atoms with Gasteiger partial charge in [0, 0.05) is 39.0 Å². The van der Waals surface area contributed by atoms with Crippen molar-refractivity contribution in [1.29, 1.82) is 0 Å². The van der Waals surface area contributed by atoms with Crippen LogP contribution in [0, 0.1) is 5.92 Å². The summed E-state index contributed by atoms with van der Waals surface area (Å²) < 4.78 is 26.7. The second-order valence-electron chi connectivity index (χ2n) is 5.01. The van der Waals surface area contributed by atoms with E-state index in [0.29, 0.717) is 25.3 Å². The molecule has 7 heteroatoms. The molecule has 1 atom stereocenters. The fraction of sp³-hybridized carbons (Fsp3) is 0.615. The van der Waals surface area contributed by atoms with Crippen LogP contribution in [0.2, 0.25) is 0 Å². The molecule has 0 bridgehead atoms. The maximum atomic E-state index is 12.6.